The van der Waals surface area contributed by atoms with Crippen LogP contribution in [0.2, 0.25) is 0 Å². The van der Waals surface area contributed by atoms with Gasteiger partial charge in [-0.25, -0.2) is 0 Å². The molecular weight excluding hydrogens is 336 g/mol. The van der Waals surface area contributed by atoms with Gasteiger partial charge in [-0.05, 0) is 65.7 Å². The number of hydrogen-bond donors (Lipinski definition) is 1. The minimum atomic E-state index is 0.0913. The predicted octanol–water partition coefficient (Wildman–Crippen LogP) is 4.25. The Balaban J connectivity index is 1.54. The molecule has 1 spiro atoms. The van der Waals surface area contributed by atoms with E-state index in [0.29, 0.717) is 11.8 Å². The van der Waals surface area contributed by atoms with Gasteiger partial charge in [0.25, 0.3) is 0 Å². The van der Waals surface area contributed by atoms with Crippen LogP contribution in [-0.4, -0.2) is 23.5 Å². The summed E-state index contributed by atoms with van der Waals surface area (Å²) in [5.74, 6) is 1.20. The molecule has 1 saturated heterocycles. The highest BCUT2D eigenvalue weighted by molar-refractivity contribution is 5.79. The van der Waals surface area contributed by atoms with Crippen LogP contribution < -0.4 is 5.32 Å². The van der Waals surface area contributed by atoms with Crippen molar-refractivity contribution in [3.63, 3.8) is 0 Å². The Bertz CT molecular complexity index is 908. The zero-order valence-electron chi connectivity index (χ0n) is 16.4. The molecule has 0 radical (unpaired) electrons. The van der Waals surface area contributed by atoms with Gasteiger partial charge in [-0.15, -0.1) is 0 Å². The zero-order chi connectivity index (χ0) is 18.8. The van der Waals surface area contributed by atoms with Crippen LogP contribution in [0.15, 0.2) is 36.5 Å². The molecule has 142 valence electrons. The van der Waals surface area contributed by atoms with Gasteiger partial charge in [-0.1, -0.05) is 26.0 Å². The van der Waals surface area contributed by atoms with Gasteiger partial charge in [0.05, 0.1) is 11.6 Å². The Morgan fingerprint density at radius 3 is 2.96 bits per heavy atom. The minimum Gasteiger partial charge on any atom is -0.373 e. The maximum atomic E-state index is 12.0. The van der Waals surface area contributed by atoms with E-state index >= 15 is 0 Å². The summed E-state index contributed by atoms with van der Waals surface area (Å²) in [6.07, 6.45) is 5.41. The quantitative estimate of drug-likeness (QED) is 0.866. The molecule has 0 unspecified atom stereocenters. The second kappa shape index (κ2) is 5.78. The van der Waals surface area contributed by atoms with E-state index in [-0.39, 0.29) is 28.9 Å². The average molecular weight is 364 g/mol. The van der Waals surface area contributed by atoms with Gasteiger partial charge in [-0.2, -0.15) is 0 Å². The van der Waals surface area contributed by atoms with E-state index in [1.165, 1.54) is 23.8 Å². The highest BCUT2D eigenvalue weighted by Crippen LogP contribution is 2.70. The van der Waals surface area contributed by atoms with Crippen molar-refractivity contribution in [2.24, 2.45) is 22.7 Å². The first-order valence-corrected chi connectivity index (χ1v) is 10.2. The molecule has 3 aliphatic rings. The smallest absolute Gasteiger partial charge is 0.217 e. The predicted molar refractivity (Wildman–Crippen MR) is 105 cm³/mol. The molecule has 2 aliphatic carbocycles. The number of carbonyl (C=O) groups is 1. The van der Waals surface area contributed by atoms with Crippen molar-refractivity contribution in [2.75, 3.05) is 6.61 Å². The van der Waals surface area contributed by atoms with Crippen molar-refractivity contribution in [3.8, 4) is 0 Å². The van der Waals surface area contributed by atoms with E-state index in [9.17, 15) is 4.79 Å². The molecule has 5 rings (SSSR count). The molecule has 4 nitrogen and oxygen atoms in total. The summed E-state index contributed by atoms with van der Waals surface area (Å²) in [5, 5.41) is 4.52. The summed E-state index contributed by atoms with van der Waals surface area (Å²) in [6, 6.07) is 10.9. The molecule has 4 heteroatoms. The first-order valence-electron chi connectivity index (χ1n) is 10.2. The second-order valence-electron chi connectivity index (χ2n) is 9.43. The van der Waals surface area contributed by atoms with Gasteiger partial charge in [0, 0.05) is 31.2 Å². The summed E-state index contributed by atoms with van der Waals surface area (Å²) in [5.41, 5.74) is 2.59. The van der Waals surface area contributed by atoms with E-state index in [2.05, 4.69) is 48.4 Å². The van der Waals surface area contributed by atoms with E-state index in [4.69, 9.17) is 4.74 Å². The molecule has 3 fully saturated rings. The van der Waals surface area contributed by atoms with Crippen molar-refractivity contribution in [1.82, 2.24) is 10.3 Å². The first-order chi connectivity index (χ1) is 12.9. The number of amides is 1. The van der Waals surface area contributed by atoms with Crippen LogP contribution >= 0.6 is 0 Å². The topological polar surface area (TPSA) is 51.2 Å². The summed E-state index contributed by atoms with van der Waals surface area (Å²) in [7, 11) is 0. The molecule has 1 aromatic carbocycles. The van der Waals surface area contributed by atoms with Gasteiger partial charge in [0.1, 0.15) is 0 Å². The number of carbonyl (C=O) groups excluding carboxylic acids is 1. The van der Waals surface area contributed by atoms with Crippen molar-refractivity contribution in [2.45, 2.75) is 52.2 Å². The monoisotopic (exact) mass is 364 g/mol. The Labute approximate surface area is 160 Å². The van der Waals surface area contributed by atoms with Crippen LogP contribution in [0.4, 0.5) is 0 Å². The van der Waals surface area contributed by atoms with Crippen LogP contribution in [0.5, 0.6) is 0 Å². The molecular formula is C23H28N2O2. The number of ether oxygens (including phenoxy) is 1. The lowest BCUT2D eigenvalue weighted by Crippen LogP contribution is -2.58. The molecule has 2 saturated carbocycles. The number of hydrogen-bond acceptors (Lipinski definition) is 3. The van der Waals surface area contributed by atoms with E-state index < -0.39 is 0 Å². The van der Waals surface area contributed by atoms with Gasteiger partial charge >= 0.3 is 0 Å². The number of benzene rings is 1. The number of aromatic nitrogens is 1. The summed E-state index contributed by atoms with van der Waals surface area (Å²) >= 11 is 0. The van der Waals surface area contributed by atoms with E-state index in [1.54, 1.807) is 6.92 Å². The van der Waals surface area contributed by atoms with Crippen molar-refractivity contribution >= 4 is 16.8 Å². The largest absolute Gasteiger partial charge is 0.373 e. The van der Waals surface area contributed by atoms with Crippen LogP contribution in [0.3, 0.4) is 0 Å². The standard InChI is InChI=1S/C23H28N2O2/c1-14(26)25-21-22(2,3)17-12-18-20(27-10-8-23(18,21)13-17)16-6-7-19-15(11-16)5-4-9-24-19/h4-7,9,11,17-18,20-21H,8,10,12-13H2,1-3H3,(H,25,26)/t17-,18-,20-,21+,23-/m1/s1. The van der Waals surface area contributed by atoms with Crippen molar-refractivity contribution in [1.29, 1.82) is 0 Å². The third-order valence-corrected chi connectivity index (χ3v) is 7.81. The van der Waals surface area contributed by atoms with Crippen molar-refractivity contribution < 1.29 is 9.53 Å². The Morgan fingerprint density at radius 1 is 1.30 bits per heavy atom. The van der Waals surface area contributed by atoms with Crippen LogP contribution in [0.1, 0.15) is 51.7 Å². The highest BCUT2D eigenvalue weighted by Gasteiger charge is 2.68. The number of nitrogens with one attached hydrogen (secondary N) is 1. The fourth-order valence-electron chi connectivity index (χ4n) is 6.59. The lowest BCUT2D eigenvalue weighted by Gasteiger charge is -2.53. The zero-order valence-corrected chi connectivity index (χ0v) is 16.4. The van der Waals surface area contributed by atoms with Gasteiger partial charge in [0.2, 0.25) is 5.91 Å². The van der Waals surface area contributed by atoms with Crippen molar-refractivity contribution in [3.05, 3.63) is 42.1 Å². The van der Waals surface area contributed by atoms with Crippen LogP contribution in [-0.2, 0) is 9.53 Å². The summed E-state index contributed by atoms with van der Waals surface area (Å²) in [4.78, 5) is 16.4. The molecule has 1 amide bonds. The molecule has 27 heavy (non-hydrogen) atoms. The van der Waals surface area contributed by atoms with E-state index in [1.807, 2.05) is 12.3 Å². The Morgan fingerprint density at radius 2 is 2.15 bits per heavy atom. The highest BCUT2D eigenvalue weighted by atomic mass is 16.5. The number of pyridine rings is 1. The Kier molecular flexibility index (Phi) is 3.68. The maximum Gasteiger partial charge on any atom is 0.217 e. The summed E-state index contributed by atoms with van der Waals surface area (Å²) in [6.45, 7) is 7.11. The minimum absolute atomic E-state index is 0.0913. The SMILES string of the molecule is CC(=O)N[C@H]1C(C)(C)[C@@H]2C[C@@H]3[C@@H](c4ccc5ncccc5c4)OCC[C@@]31C2. The molecule has 2 heterocycles. The normalized spacial score (nSPS) is 36.6. The lowest BCUT2D eigenvalue weighted by molar-refractivity contribution is -0.135. The van der Waals surface area contributed by atoms with Gasteiger partial charge < -0.3 is 10.1 Å². The molecule has 1 aliphatic heterocycles. The third-order valence-electron chi connectivity index (χ3n) is 7.81. The number of rotatable bonds is 2. The van der Waals surface area contributed by atoms with Gasteiger partial charge in [0.15, 0.2) is 0 Å². The fourth-order valence-corrected chi connectivity index (χ4v) is 6.59. The first kappa shape index (κ1) is 17.2. The van der Waals surface area contributed by atoms with Crippen LogP contribution in [0, 0.1) is 22.7 Å². The molecule has 2 aromatic rings. The lowest BCUT2D eigenvalue weighted by atomic mass is 9.59. The number of nitrogens with zero attached hydrogens (tertiary/aromatic N) is 1. The molecule has 2 bridgehead atoms. The van der Waals surface area contributed by atoms with Crippen LogP contribution in [0.25, 0.3) is 10.9 Å². The second-order valence-corrected chi connectivity index (χ2v) is 9.43. The number of fused-ring (bicyclic) bond motifs is 2. The summed E-state index contributed by atoms with van der Waals surface area (Å²) < 4.78 is 6.36. The molecule has 1 N–H and O–H groups in total. The molecule has 5 atom stereocenters. The third kappa shape index (κ3) is 2.39. The Hall–Kier alpha value is -1.94. The average Bonchev–Trinajstić information content (AvgIpc) is 3.14. The van der Waals surface area contributed by atoms with Gasteiger partial charge in [-0.3, -0.25) is 9.78 Å². The van der Waals surface area contributed by atoms with E-state index in [0.717, 1.165) is 18.5 Å². The fraction of sp³-hybridized carbons (Fsp3) is 0.565. The maximum absolute atomic E-state index is 12.0. The molecule has 1 aromatic heterocycles.